The van der Waals surface area contributed by atoms with Crippen molar-refractivity contribution >= 4 is 11.9 Å². The molecule has 1 aromatic carbocycles. The fourth-order valence-corrected chi connectivity index (χ4v) is 1.33. The van der Waals surface area contributed by atoms with Crippen molar-refractivity contribution in [2.75, 3.05) is 0 Å². The molecular formula is C13H16NO4-. The Balaban J connectivity index is 2.81. The fraction of sp³-hybridized carbons (Fsp3) is 0.385. The van der Waals surface area contributed by atoms with Gasteiger partial charge in [0.05, 0.1) is 5.97 Å². The van der Waals surface area contributed by atoms with Crippen molar-refractivity contribution in [1.29, 1.82) is 0 Å². The first-order chi connectivity index (χ1) is 8.20. The van der Waals surface area contributed by atoms with Crippen molar-refractivity contribution in [2.45, 2.75) is 32.4 Å². The number of ether oxygens (including phenoxy) is 1. The van der Waals surface area contributed by atoms with Gasteiger partial charge in [-0.1, -0.05) is 24.3 Å². The maximum absolute atomic E-state index is 11.7. The lowest BCUT2D eigenvalue weighted by atomic mass is 10.1. The maximum Gasteiger partial charge on any atom is 0.328 e. The highest BCUT2D eigenvalue weighted by Gasteiger charge is 2.23. The second-order valence-corrected chi connectivity index (χ2v) is 4.92. The Hall–Kier alpha value is -1.88. The van der Waals surface area contributed by atoms with E-state index < -0.39 is 23.6 Å². The minimum atomic E-state index is -1.27. The molecule has 2 N–H and O–H groups in total. The predicted octanol–water partition coefficient (Wildman–Crippen LogP) is 0.392. The molecule has 0 fully saturated rings. The summed E-state index contributed by atoms with van der Waals surface area (Å²) in [6, 6.07) is 4.70. The van der Waals surface area contributed by atoms with E-state index in [0.29, 0.717) is 5.56 Å². The number of aromatic carboxylic acids is 1. The average molecular weight is 250 g/mol. The highest BCUT2D eigenvalue weighted by atomic mass is 16.6. The summed E-state index contributed by atoms with van der Waals surface area (Å²) in [7, 11) is 0. The summed E-state index contributed by atoms with van der Waals surface area (Å²) < 4.78 is 5.14. The maximum atomic E-state index is 11.7. The molecule has 0 aliphatic rings. The van der Waals surface area contributed by atoms with Crippen LogP contribution in [0.4, 0.5) is 0 Å². The summed E-state index contributed by atoms with van der Waals surface area (Å²) in [5, 5.41) is 10.6. The molecule has 5 nitrogen and oxygen atoms in total. The van der Waals surface area contributed by atoms with E-state index in [2.05, 4.69) is 0 Å². The van der Waals surface area contributed by atoms with Gasteiger partial charge in [-0.25, -0.2) is 4.79 Å². The lowest BCUT2D eigenvalue weighted by Gasteiger charge is -2.22. The molecule has 18 heavy (non-hydrogen) atoms. The third-order valence-electron chi connectivity index (χ3n) is 2.17. The van der Waals surface area contributed by atoms with Crippen molar-refractivity contribution in [3.63, 3.8) is 0 Å². The van der Waals surface area contributed by atoms with Crippen LogP contribution in [0.15, 0.2) is 24.3 Å². The zero-order chi connectivity index (χ0) is 13.9. The monoisotopic (exact) mass is 250 g/mol. The first-order valence-corrected chi connectivity index (χ1v) is 5.50. The molecule has 0 aliphatic carbocycles. The molecule has 1 rings (SSSR count). The highest BCUT2D eigenvalue weighted by molar-refractivity contribution is 5.86. The molecule has 5 heteroatoms. The Morgan fingerprint density at radius 2 is 1.72 bits per heavy atom. The number of hydrogen-bond acceptors (Lipinski definition) is 5. The topological polar surface area (TPSA) is 92.5 Å². The molecule has 0 saturated carbocycles. The Bertz CT molecular complexity index is 445. The van der Waals surface area contributed by atoms with E-state index in [1.54, 1.807) is 20.8 Å². The summed E-state index contributed by atoms with van der Waals surface area (Å²) in [6.07, 6.45) is 0. The molecule has 0 aliphatic heterocycles. The van der Waals surface area contributed by atoms with Crippen LogP contribution >= 0.6 is 0 Å². The van der Waals surface area contributed by atoms with E-state index in [0.717, 1.165) is 0 Å². The van der Waals surface area contributed by atoms with Gasteiger partial charge in [0, 0.05) is 0 Å². The molecule has 0 amide bonds. The second-order valence-electron chi connectivity index (χ2n) is 4.92. The quantitative estimate of drug-likeness (QED) is 0.783. The summed E-state index contributed by atoms with van der Waals surface area (Å²) in [5.41, 5.74) is 5.65. The lowest BCUT2D eigenvalue weighted by molar-refractivity contribution is -0.255. The minimum absolute atomic E-state index is 0.0372. The van der Waals surface area contributed by atoms with Crippen LogP contribution in [-0.4, -0.2) is 17.5 Å². The zero-order valence-electron chi connectivity index (χ0n) is 10.6. The van der Waals surface area contributed by atoms with Gasteiger partial charge in [0.1, 0.15) is 11.6 Å². The number of benzene rings is 1. The van der Waals surface area contributed by atoms with Gasteiger partial charge in [-0.15, -0.1) is 0 Å². The van der Waals surface area contributed by atoms with Gasteiger partial charge in [0.25, 0.3) is 0 Å². The number of esters is 1. The SMILES string of the molecule is CC(C)(C)OC(=O)[C@H](N)c1ccc(C(=O)[O-])cc1. The predicted molar refractivity (Wildman–Crippen MR) is 63.5 cm³/mol. The number of carbonyl (C=O) groups is 2. The molecule has 0 spiro atoms. The highest BCUT2D eigenvalue weighted by Crippen LogP contribution is 2.17. The van der Waals surface area contributed by atoms with Crippen molar-refractivity contribution < 1.29 is 19.4 Å². The van der Waals surface area contributed by atoms with Gasteiger partial charge < -0.3 is 20.4 Å². The standard InChI is InChI=1S/C13H17NO4/c1-13(2,3)18-12(17)10(14)8-4-6-9(7-5-8)11(15)16/h4-7,10H,14H2,1-3H3,(H,15,16)/p-1/t10-/m1/s1. The third kappa shape index (κ3) is 3.85. The minimum Gasteiger partial charge on any atom is -0.545 e. The molecule has 1 aromatic rings. The largest absolute Gasteiger partial charge is 0.545 e. The number of carbonyl (C=O) groups excluding carboxylic acids is 2. The molecule has 1 atom stereocenters. The van der Waals surface area contributed by atoms with Crippen molar-refractivity contribution in [3.05, 3.63) is 35.4 Å². The van der Waals surface area contributed by atoms with Crippen LogP contribution in [0.25, 0.3) is 0 Å². The first kappa shape index (κ1) is 14.2. The van der Waals surface area contributed by atoms with Crippen molar-refractivity contribution in [2.24, 2.45) is 5.73 Å². The molecule has 98 valence electrons. The van der Waals surface area contributed by atoms with Gasteiger partial charge in [-0.3, -0.25) is 0 Å². The lowest BCUT2D eigenvalue weighted by Crippen LogP contribution is -2.31. The summed E-state index contributed by atoms with van der Waals surface area (Å²) in [6.45, 7) is 5.24. The van der Waals surface area contributed by atoms with Gasteiger partial charge in [-0.2, -0.15) is 0 Å². The third-order valence-corrected chi connectivity index (χ3v) is 2.17. The number of hydrogen-bond donors (Lipinski definition) is 1. The molecule has 0 heterocycles. The van der Waals surface area contributed by atoms with Crippen LogP contribution in [0.5, 0.6) is 0 Å². The normalized spacial score (nSPS) is 12.9. The van der Waals surface area contributed by atoms with Crippen LogP contribution in [-0.2, 0) is 9.53 Å². The van der Waals surface area contributed by atoms with Crippen molar-refractivity contribution in [3.8, 4) is 0 Å². The van der Waals surface area contributed by atoms with Crippen LogP contribution in [0.1, 0.15) is 42.7 Å². The first-order valence-electron chi connectivity index (χ1n) is 5.50. The Kier molecular flexibility index (Phi) is 4.08. The summed E-state index contributed by atoms with van der Waals surface area (Å²) >= 11 is 0. The Morgan fingerprint density at radius 1 is 1.22 bits per heavy atom. The molecule has 0 bridgehead atoms. The van der Waals surface area contributed by atoms with Gasteiger partial charge in [-0.05, 0) is 31.9 Å². The van der Waals surface area contributed by atoms with E-state index >= 15 is 0 Å². The number of rotatable bonds is 3. The fourth-order valence-electron chi connectivity index (χ4n) is 1.33. The van der Waals surface area contributed by atoms with Crippen LogP contribution in [0.3, 0.4) is 0 Å². The average Bonchev–Trinajstić information content (AvgIpc) is 2.26. The number of carboxylic acid groups (broad SMARTS) is 1. The molecule has 0 radical (unpaired) electrons. The van der Waals surface area contributed by atoms with Crippen molar-refractivity contribution in [1.82, 2.24) is 0 Å². The van der Waals surface area contributed by atoms with E-state index in [1.807, 2.05) is 0 Å². The second kappa shape index (κ2) is 5.18. The van der Waals surface area contributed by atoms with E-state index in [1.165, 1.54) is 24.3 Å². The van der Waals surface area contributed by atoms with Crippen LogP contribution in [0.2, 0.25) is 0 Å². The molecule has 0 aromatic heterocycles. The van der Waals surface area contributed by atoms with Crippen LogP contribution < -0.4 is 10.8 Å². The Labute approximate surface area is 106 Å². The number of carboxylic acids is 1. The van der Waals surface area contributed by atoms with Gasteiger partial charge in [0.15, 0.2) is 0 Å². The summed E-state index contributed by atoms with van der Waals surface area (Å²) in [5.74, 6) is -1.82. The van der Waals surface area contributed by atoms with E-state index in [-0.39, 0.29) is 5.56 Å². The zero-order valence-corrected chi connectivity index (χ0v) is 10.6. The number of nitrogens with two attached hydrogens (primary N) is 1. The molecule has 0 saturated heterocycles. The smallest absolute Gasteiger partial charge is 0.328 e. The summed E-state index contributed by atoms with van der Waals surface area (Å²) in [4.78, 5) is 22.3. The van der Waals surface area contributed by atoms with Crippen LogP contribution in [0, 0.1) is 0 Å². The van der Waals surface area contributed by atoms with Gasteiger partial charge >= 0.3 is 5.97 Å². The van der Waals surface area contributed by atoms with E-state index in [4.69, 9.17) is 10.5 Å². The van der Waals surface area contributed by atoms with Gasteiger partial charge in [0.2, 0.25) is 0 Å². The Morgan fingerprint density at radius 3 is 2.11 bits per heavy atom. The molecular weight excluding hydrogens is 234 g/mol. The molecule has 0 unspecified atom stereocenters. The van der Waals surface area contributed by atoms with E-state index in [9.17, 15) is 14.7 Å².